The molecule has 0 saturated heterocycles. The summed E-state index contributed by atoms with van der Waals surface area (Å²) in [7, 11) is 0. The van der Waals surface area contributed by atoms with Gasteiger partial charge in [-0.3, -0.25) is 0 Å². The molecule has 13 heavy (non-hydrogen) atoms. The topological polar surface area (TPSA) is 0 Å². The molecule has 0 amide bonds. The molecule has 66 valence electrons. The monoisotopic (exact) mass is 174 g/mol. The highest BCUT2D eigenvalue weighted by atomic mass is 19.1. The van der Waals surface area contributed by atoms with E-state index in [-0.39, 0.29) is 5.82 Å². The smallest absolute Gasteiger partial charge is 0.123 e. The van der Waals surface area contributed by atoms with E-state index in [1.807, 2.05) is 12.1 Å². The fourth-order valence-corrected chi connectivity index (χ4v) is 2.20. The molecule has 0 aliphatic heterocycles. The van der Waals surface area contributed by atoms with Crippen molar-refractivity contribution in [1.82, 2.24) is 0 Å². The van der Waals surface area contributed by atoms with Crippen LogP contribution in [0.4, 0.5) is 4.39 Å². The Bertz CT molecular complexity index is 361. The first-order chi connectivity index (χ1) is 6.33. The van der Waals surface area contributed by atoms with Gasteiger partial charge in [-0.1, -0.05) is 18.2 Å². The number of halogens is 1. The van der Waals surface area contributed by atoms with E-state index in [1.54, 1.807) is 12.1 Å². The Kier molecular flexibility index (Phi) is 1.37. The Morgan fingerprint density at radius 2 is 1.92 bits per heavy atom. The number of hydrogen-bond acceptors (Lipinski definition) is 0. The average Bonchev–Trinajstić information content (AvgIpc) is 2.75. The van der Waals surface area contributed by atoms with Gasteiger partial charge < -0.3 is 0 Å². The van der Waals surface area contributed by atoms with Gasteiger partial charge >= 0.3 is 0 Å². The summed E-state index contributed by atoms with van der Waals surface area (Å²) >= 11 is 0. The summed E-state index contributed by atoms with van der Waals surface area (Å²) in [6.45, 7) is 0. The zero-order valence-corrected chi connectivity index (χ0v) is 7.33. The van der Waals surface area contributed by atoms with Crippen LogP contribution < -0.4 is 0 Å². The van der Waals surface area contributed by atoms with Gasteiger partial charge in [0.25, 0.3) is 0 Å². The molecule has 1 heteroatoms. The van der Waals surface area contributed by atoms with Crippen LogP contribution >= 0.6 is 0 Å². The third-order valence-electron chi connectivity index (χ3n) is 3.09. The van der Waals surface area contributed by atoms with Gasteiger partial charge in [-0.25, -0.2) is 4.39 Å². The first-order valence-corrected chi connectivity index (χ1v) is 4.79. The Balaban J connectivity index is 1.92. The fourth-order valence-electron chi connectivity index (χ4n) is 2.20. The van der Waals surface area contributed by atoms with Gasteiger partial charge in [0.05, 0.1) is 0 Å². The molecule has 0 aromatic heterocycles. The second-order valence-corrected chi connectivity index (χ2v) is 4.06. The van der Waals surface area contributed by atoms with Gasteiger partial charge in [-0.15, -0.1) is 0 Å². The Labute approximate surface area is 77.1 Å². The molecule has 0 N–H and O–H groups in total. The van der Waals surface area contributed by atoms with E-state index < -0.39 is 0 Å². The van der Waals surface area contributed by atoms with Crippen LogP contribution in [0.3, 0.4) is 0 Å². The lowest BCUT2D eigenvalue weighted by Crippen LogP contribution is -1.83. The molecule has 2 aliphatic rings. The van der Waals surface area contributed by atoms with Crippen LogP contribution in [-0.4, -0.2) is 0 Å². The van der Waals surface area contributed by atoms with Crippen LogP contribution in [-0.2, 0) is 0 Å². The molecule has 0 spiro atoms. The van der Waals surface area contributed by atoms with Crippen LogP contribution in [0.15, 0.2) is 30.3 Å². The van der Waals surface area contributed by atoms with Crippen molar-refractivity contribution < 1.29 is 4.39 Å². The average molecular weight is 174 g/mol. The number of fused-ring (bicyclic) bond motifs is 1. The molecule has 0 nitrogen and oxygen atoms in total. The van der Waals surface area contributed by atoms with Crippen LogP contribution in [0.25, 0.3) is 5.57 Å². The van der Waals surface area contributed by atoms with E-state index in [2.05, 4.69) is 6.08 Å². The van der Waals surface area contributed by atoms with Crippen molar-refractivity contribution in [2.45, 2.75) is 12.8 Å². The van der Waals surface area contributed by atoms with Gasteiger partial charge in [0.1, 0.15) is 5.82 Å². The second kappa shape index (κ2) is 2.44. The third-order valence-corrected chi connectivity index (χ3v) is 3.09. The van der Waals surface area contributed by atoms with Crippen molar-refractivity contribution in [1.29, 1.82) is 0 Å². The first-order valence-electron chi connectivity index (χ1n) is 4.79. The molecular weight excluding hydrogens is 163 g/mol. The normalized spacial score (nSPS) is 29.8. The van der Waals surface area contributed by atoms with Gasteiger partial charge in [-0.2, -0.15) is 0 Å². The van der Waals surface area contributed by atoms with Crippen molar-refractivity contribution in [3.8, 4) is 0 Å². The highest BCUT2D eigenvalue weighted by Crippen LogP contribution is 2.52. The number of benzene rings is 1. The molecule has 2 atom stereocenters. The standard InChI is InChI=1S/C12H11F/c13-12-3-1-8(2-4-12)9-5-10-7-11(10)6-9/h1-5,10-11H,6-7H2. The summed E-state index contributed by atoms with van der Waals surface area (Å²) in [6.07, 6.45) is 4.94. The van der Waals surface area contributed by atoms with E-state index in [4.69, 9.17) is 0 Å². The van der Waals surface area contributed by atoms with Gasteiger partial charge in [0, 0.05) is 0 Å². The van der Waals surface area contributed by atoms with Crippen LogP contribution in [0.5, 0.6) is 0 Å². The number of rotatable bonds is 1. The van der Waals surface area contributed by atoms with E-state index >= 15 is 0 Å². The quantitative estimate of drug-likeness (QED) is 0.613. The maximum atomic E-state index is 12.6. The van der Waals surface area contributed by atoms with Crippen LogP contribution in [0, 0.1) is 17.7 Å². The summed E-state index contributed by atoms with van der Waals surface area (Å²) in [5.41, 5.74) is 2.62. The van der Waals surface area contributed by atoms with Gasteiger partial charge in [0.2, 0.25) is 0 Å². The van der Waals surface area contributed by atoms with Crippen LogP contribution in [0.2, 0.25) is 0 Å². The van der Waals surface area contributed by atoms with E-state index in [0.717, 1.165) is 11.8 Å². The zero-order valence-electron chi connectivity index (χ0n) is 7.33. The largest absolute Gasteiger partial charge is 0.207 e. The van der Waals surface area contributed by atoms with E-state index in [9.17, 15) is 4.39 Å². The minimum absolute atomic E-state index is 0.146. The molecule has 1 saturated carbocycles. The van der Waals surface area contributed by atoms with Crippen LogP contribution in [0.1, 0.15) is 18.4 Å². The number of allylic oxidation sites excluding steroid dienone is 2. The molecule has 1 aromatic rings. The minimum Gasteiger partial charge on any atom is -0.207 e. The predicted molar refractivity (Wildman–Crippen MR) is 50.6 cm³/mol. The van der Waals surface area contributed by atoms with Crippen molar-refractivity contribution >= 4 is 5.57 Å². The summed E-state index contributed by atoms with van der Waals surface area (Å²) in [4.78, 5) is 0. The number of hydrogen-bond donors (Lipinski definition) is 0. The maximum Gasteiger partial charge on any atom is 0.123 e. The van der Waals surface area contributed by atoms with Crippen molar-refractivity contribution in [2.75, 3.05) is 0 Å². The molecule has 2 aliphatic carbocycles. The lowest BCUT2D eigenvalue weighted by atomic mass is 10.0. The molecule has 0 bridgehead atoms. The molecular formula is C12H11F. The van der Waals surface area contributed by atoms with Gasteiger partial charge in [-0.05, 0) is 47.9 Å². The highest BCUT2D eigenvalue weighted by molar-refractivity contribution is 5.69. The Morgan fingerprint density at radius 3 is 2.54 bits per heavy atom. The second-order valence-electron chi connectivity index (χ2n) is 4.06. The lowest BCUT2D eigenvalue weighted by Gasteiger charge is -2.02. The third kappa shape index (κ3) is 1.19. The summed E-state index contributed by atoms with van der Waals surface area (Å²) in [5.74, 6) is 1.62. The first kappa shape index (κ1) is 7.31. The summed E-state index contributed by atoms with van der Waals surface area (Å²) < 4.78 is 12.6. The summed E-state index contributed by atoms with van der Waals surface area (Å²) in [5, 5.41) is 0. The molecule has 3 rings (SSSR count). The predicted octanol–water partition coefficient (Wildman–Crippen LogP) is 3.25. The minimum atomic E-state index is -0.146. The fraction of sp³-hybridized carbons (Fsp3) is 0.333. The summed E-state index contributed by atoms with van der Waals surface area (Å²) in [6, 6.07) is 6.85. The molecule has 1 fully saturated rings. The maximum absolute atomic E-state index is 12.6. The van der Waals surface area contributed by atoms with Crippen molar-refractivity contribution in [2.24, 2.45) is 11.8 Å². The Morgan fingerprint density at radius 1 is 1.15 bits per heavy atom. The van der Waals surface area contributed by atoms with E-state index in [0.29, 0.717) is 0 Å². The molecule has 0 radical (unpaired) electrons. The lowest BCUT2D eigenvalue weighted by molar-refractivity contribution is 0.627. The molecule has 0 heterocycles. The SMILES string of the molecule is Fc1ccc(C2=CC3CC3C2)cc1. The highest BCUT2D eigenvalue weighted by Gasteiger charge is 2.40. The Hall–Kier alpha value is -1.11. The van der Waals surface area contributed by atoms with E-state index in [1.165, 1.54) is 24.0 Å². The van der Waals surface area contributed by atoms with Gasteiger partial charge in [0.15, 0.2) is 0 Å². The van der Waals surface area contributed by atoms with Crippen molar-refractivity contribution in [3.05, 3.63) is 41.7 Å². The zero-order chi connectivity index (χ0) is 8.84. The van der Waals surface area contributed by atoms with Crippen molar-refractivity contribution in [3.63, 3.8) is 0 Å². The molecule has 2 unspecified atom stereocenters. The molecule has 1 aromatic carbocycles.